The van der Waals surface area contributed by atoms with E-state index < -0.39 is 11.7 Å². The lowest BCUT2D eigenvalue weighted by Crippen LogP contribution is -2.44. The van der Waals surface area contributed by atoms with E-state index in [1.165, 1.54) is 17.7 Å². The van der Waals surface area contributed by atoms with Crippen molar-refractivity contribution in [2.75, 3.05) is 31.1 Å². The molecule has 0 aliphatic carbocycles. The van der Waals surface area contributed by atoms with Crippen molar-refractivity contribution in [2.45, 2.75) is 50.6 Å². The summed E-state index contributed by atoms with van der Waals surface area (Å²) < 4.78 is 44.5. The van der Waals surface area contributed by atoms with Gasteiger partial charge in [-0.1, -0.05) is 12.1 Å². The second-order valence-corrected chi connectivity index (χ2v) is 10.6. The summed E-state index contributed by atoms with van der Waals surface area (Å²) in [5, 5.41) is 12.0. The Hall–Kier alpha value is -4.10. The number of halogens is 3. The SMILES string of the molecule is N#Cc1ccc(CN2CCC(NC(=O)c3ccc(OC4CCN(c5ccc(C(F)(F)F)cc5)CC4)cn3)CC2)cc1. The normalized spacial score (nSPS) is 17.2. The molecular weight excluding hydrogens is 531 g/mol. The number of ether oxygens (including phenoxy) is 1. The molecule has 2 aliphatic heterocycles. The molecule has 3 aromatic rings. The molecule has 2 aliphatic rings. The van der Waals surface area contributed by atoms with Crippen LogP contribution in [0.4, 0.5) is 18.9 Å². The lowest BCUT2D eigenvalue weighted by molar-refractivity contribution is -0.137. The molecule has 0 saturated carbocycles. The van der Waals surface area contributed by atoms with Gasteiger partial charge in [0.15, 0.2) is 0 Å². The molecule has 5 rings (SSSR count). The highest BCUT2D eigenvalue weighted by atomic mass is 19.4. The van der Waals surface area contributed by atoms with Crippen LogP contribution in [0.5, 0.6) is 5.75 Å². The van der Waals surface area contributed by atoms with Gasteiger partial charge in [0.25, 0.3) is 5.91 Å². The van der Waals surface area contributed by atoms with Crippen LogP contribution in [0.25, 0.3) is 0 Å². The number of carbonyl (C=O) groups is 1. The number of pyridine rings is 1. The highest BCUT2D eigenvalue weighted by Crippen LogP contribution is 2.31. The Morgan fingerprint density at radius 1 is 0.951 bits per heavy atom. The Labute approximate surface area is 237 Å². The average Bonchev–Trinajstić information content (AvgIpc) is 2.99. The summed E-state index contributed by atoms with van der Waals surface area (Å²) in [6.45, 7) is 3.93. The minimum atomic E-state index is -4.34. The van der Waals surface area contributed by atoms with Gasteiger partial charge in [-0.15, -0.1) is 0 Å². The number of carbonyl (C=O) groups excluding carboxylic acids is 1. The second kappa shape index (κ2) is 12.6. The van der Waals surface area contributed by atoms with E-state index in [1.807, 2.05) is 24.3 Å². The van der Waals surface area contributed by atoms with Crippen LogP contribution in [0.15, 0.2) is 66.9 Å². The van der Waals surface area contributed by atoms with Gasteiger partial charge >= 0.3 is 6.18 Å². The number of anilines is 1. The molecule has 1 amide bonds. The van der Waals surface area contributed by atoms with Crippen LogP contribution < -0.4 is 15.0 Å². The summed E-state index contributed by atoms with van der Waals surface area (Å²) in [6, 6.07) is 18.5. The fourth-order valence-electron chi connectivity index (χ4n) is 5.31. The Morgan fingerprint density at radius 3 is 2.22 bits per heavy atom. The summed E-state index contributed by atoms with van der Waals surface area (Å²) in [7, 11) is 0. The van der Waals surface area contributed by atoms with Crippen LogP contribution in [0.1, 0.15) is 52.9 Å². The van der Waals surface area contributed by atoms with Gasteiger partial charge in [0, 0.05) is 57.3 Å². The molecule has 0 unspecified atom stereocenters. The monoisotopic (exact) mass is 563 g/mol. The van der Waals surface area contributed by atoms with E-state index in [0.29, 0.717) is 30.1 Å². The number of amides is 1. The molecule has 1 aromatic heterocycles. The number of hydrogen-bond acceptors (Lipinski definition) is 6. The molecule has 0 spiro atoms. The fourth-order valence-corrected chi connectivity index (χ4v) is 5.31. The third-order valence-electron chi connectivity index (χ3n) is 7.69. The standard InChI is InChI=1S/C31H32F3N5O2/c32-31(33,34)24-5-7-26(8-6-24)39-17-13-27(14-18-39)41-28-9-10-29(36-20-28)30(40)37-25-11-15-38(16-12-25)21-23-3-1-22(19-35)2-4-23/h1-10,20,25,27H,11-18,21H2,(H,37,40). The third kappa shape index (κ3) is 7.55. The van der Waals surface area contributed by atoms with Crippen molar-refractivity contribution in [1.29, 1.82) is 5.26 Å². The molecule has 0 atom stereocenters. The Balaban J connectivity index is 1.04. The smallest absolute Gasteiger partial charge is 0.416 e. The van der Waals surface area contributed by atoms with Crippen LogP contribution in [0.3, 0.4) is 0 Å². The number of piperidine rings is 2. The summed E-state index contributed by atoms with van der Waals surface area (Å²) in [4.78, 5) is 21.5. The predicted octanol–water partition coefficient (Wildman–Crippen LogP) is 5.41. The summed E-state index contributed by atoms with van der Waals surface area (Å²) >= 11 is 0. The zero-order valence-electron chi connectivity index (χ0n) is 22.6. The van der Waals surface area contributed by atoms with Crippen molar-refractivity contribution in [3.05, 3.63) is 89.2 Å². The van der Waals surface area contributed by atoms with Gasteiger partial charge in [-0.2, -0.15) is 18.4 Å². The van der Waals surface area contributed by atoms with Crippen molar-refractivity contribution in [3.63, 3.8) is 0 Å². The number of nitrogens with one attached hydrogen (secondary N) is 1. The van der Waals surface area contributed by atoms with Crippen molar-refractivity contribution in [3.8, 4) is 11.8 Å². The average molecular weight is 564 g/mol. The van der Waals surface area contributed by atoms with Crippen LogP contribution in [-0.4, -0.2) is 54.1 Å². The number of likely N-dealkylation sites (tertiary alicyclic amines) is 1. The molecule has 214 valence electrons. The van der Waals surface area contributed by atoms with E-state index in [0.717, 1.165) is 63.1 Å². The molecule has 3 heterocycles. The first-order valence-corrected chi connectivity index (χ1v) is 13.8. The maximum atomic E-state index is 12.8. The topological polar surface area (TPSA) is 81.5 Å². The van der Waals surface area contributed by atoms with Gasteiger partial charge in [0.1, 0.15) is 17.5 Å². The van der Waals surface area contributed by atoms with Crippen LogP contribution in [-0.2, 0) is 12.7 Å². The molecule has 2 aromatic carbocycles. The predicted molar refractivity (Wildman–Crippen MR) is 148 cm³/mol. The molecule has 7 nitrogen and oxygen atoms in total. The zero-order chi connectivity index (χ0) is 28.8. The lowest BCUT2D eigenvalue weighted by atomic mass is 10.0. The van der Waals surface area contributed by atoms with E-state index >= 15 is 0 Å². The van der Waals surface area contributed by atoms with Crippen molar-refractivity contribution >= 4 is 11.6 Å². The highest BCUT2D eigenvalue weighted by Gasteiger charge is 2.30. The van der Waals surface area contributed by atoms with E-state index in [2.05, 4.69) is 26.2 Å². The first kappa shape index (κ1) is 28.4. The largest absolute Gasteiger partial charge is 0.489 e. The number of benzene rings is 2. The fraction of sp³-hybridized carbons (Fsp3) is 0.387. The van der Waals surface area contributed by atoms with Crippen LogP contribution in [0, 0.1) is 11.3 Å². The molecule has 1 N–H and O–H groups in total. The summed E-state index contributed by atoms with van der Waals surface area (Å²) in [5.74, 6) is 0.387. The zero-order valence-corrected chi connectivity index (χ0v) is 22.6. The van der Waals surface area contributed by atoms with E-state index in [1.54, 1.807) is 18.3 Å². The summed E-state index contributed by atoms with van der Waals surface area (Å²) in [6.07, 6.45) is 0.369. The Bertz CT molecular complexity index is 1340. The molecule has 10 heteroatoms. The van der Waals surface area contributed by atoms with Gasteiger partial charge in [-0.3, -0.25) is 9.69 Å². The number of aromatic nitrogens is 1. The quantitative estimate of drug-likeness (QED) is 0.414. The molecule has 2 saturated heterocycles. The maximum absolute atomic E-state index is 12.8. The molecule has 2 fully saturated rings. The van der Waals surface area contributed by atoms with Crippen molar-refractivity contribution < 1.29 is 22.7 Å². The lowest BCUT2D eigenvalue weighted by Gasteiger charge is -2.33. The van der Waals surface area contributed by atoms with Gasteiger partial charge in [0.05, 0.1) is 23.4 Å². The van der Waals surface area contributed by atoms with Gasteiger partial charge in [0.2, 0.25) is 0 Å². The third-order valence-corrected chi connectivity index (χ3v) is 7.69. The van der Waals surface area contributed by atoms with Crippen LogP contribution in [0.2, 0.25) is 0 Å². The first-order valence-electron chi connectivity index (χ1n) is 13.8. The second-order valence-electron chi connectivity index (χ2n) is 10.6. The van der Waals surface area contributed by atoms with Crippen LogP contribution >= 0.6 is 0 Å². The number of nitrogens with zero attached hydrogens (tertiary/aromatic N) is 4. The number of hydrogen-bond donors (Lipinski definition) is 1. The van der Waals surface area contributed by atoms with Gasteiger partial charge in [-0.25, -0.2) is 4.98 Å². The minimum absolute atomic E-state index is 0.0309. The maximum Gasteiger partial charge on any atom is 0.416 e. The summed E-state index contributed by atoms with van der Waals surface area (Å²) in [5.41, 5.74) is 2.29. The van der Waals surface area contributed by atoms with Gasteiger partial charge in [-0.05, 0) is 66.9 Å². The molecule has 0 radical (unpaired) electrons. The number of nitriles is 1. The van der Waals surface area contributed by atoms with Crippen molar-refractivity contribution in [2.24, 2.45) is 0 Å². The van der Waals surface area contributed by atoms with Crippen molar-refractivity contribution in [1.82, 2.24) is 15.2 Å². The number of rotatable bonds is 7. The Morgan fingerprint density at radius 2 is 1.63 bits per heavy atom. The molecule has 0 bridgehead atoms. The number of alkyl halides is 3. The van der Waals surface area contributed by atoms with E-state index in [-0.39, 0.29) is 18.1 Å². The molecular formula is C31H32F3N5O2. The highest BCUT2D eigenvalue weighted by molar-refractivity contribution is 5.92. The first-order chi connectivity index (χ1) is 19.8. The van der Waals surface area contributed by atoms with E-state index in [4.69, 9.17) is 10.00 Å². The van der Waals surface area contributed by atoms with Gasteiger partial charge < -0.3 is 15.0 Å². The molecule has 41 heavy (non-hydrogen) atoms. The Kier molecular flexibility index (Phi) is 8.74. The minimum Gasteiger partial charge on any atom is -0.489 e. The van der Waals surface area contributed by atoms with E-state index in [9.17, 15) is 18.0 Å².